The molecule has 0 saturated carbocycles. The molecule has 2 amide bonds. The van der Waals surface area contributed by atoms with Gasteiger partial charge in [-0.3, -0.25) is 0 Å². The lowest BCUT2D eigenvalue weighted by atomic mass is 9.97. The maximum absolute atomic E-state index is 13.0. The van der Waals surface area contributed by atoms with Gasteiger partial charge >= 0.3 is 12.0 Å². The van der Waals surface area contributed by atoms with Crippen molar-refractivity contribution in [1.29, 1.82) is 0 Å². The fourth-order valence-corrected chi connectivity index (χ4v) is 6.93. The first-order valence-electron chi connectivity index (χ1n) is 18.7. The van der Waals surface area contributed by atoms with Crippen LogP contribution in [0.5, 0.6) is 5.75 Å². The third kappa shape index (κ3) is 10.8. The zero-order valence-electron chi connectivity index (χ0n) is 31.6. The highest BCUT2D eigenvalue weighted by Crippen LogP contribution is 2.39. The summed E-state index contributed by atoms with van der Waals surface area (Å²) in [6.07, 6.45) is -1.09. The van der Waals surface area contributed by atoms with E-state index < -0.39 is 30.4 Å². The van der Waals surface area contributed by atoms with Crippen molar-refractivity contribution in [2.24, 2.45) is 0 Å². The number of carbonyl (C=O) groups is 2. The Bertz CT molecular complexity index is 2030. The van der Waals surface area contributed by atoms with Crippen molar-refractivity contribution in [1.82, 2.24) is 15.5 Å². The molecule has 1 aliphatic rings. The second-order valence-electron chi connectivity index (χ2n) is 14.1. The van der Waals surface area contributed by atoms with Crippen LogP contribution < -0.4 is 10.6 Å². The molecule has 5 N–H and O–H groups in total. The number of hydrogen-bond donors (Lipinski definition) is 5. The van der Waals surface area contributed by atoms with Crippen LogP contribution >= 0.6 is 0 Å². The van der Waals surface area contributed by atoms with Crippen molar-refractivity contribution in [2.75, 3.05) is 27.2 Å². The van der Waals surface area contributed by atoms with E-state index in [2.05, 4.69) is 10.6 Å². The average Bonchev–Trinajstić information content (AvgIpc) is 3.22. The monoisotopic (exact) mass is 759 g/mol. The number of urea groups is 1. The number of benzene rings is 5. The summed E-state index contributed by atoms with van der Waals surface area (Å²) in [5, 5.41) is 36.0. The van der Waals surface area contributed by atoms with Gasteiger partial charge in [-0.1, -0.05) is 115 Å². The Morgan fingerprint density at radius 3 is 2.29 bits per heavy atom. The molecule has 1 heterocycles. The van der Waals surface area contributed by atoms with Crippen molar-refractivity contribution < 1.29 is 39.1 Å². The summed E-state index contributed by atoms with van der Waals surface area (Å²) >= 11 is 0. The van der Waals surface area contributed by atoms with Crippen LogP contribution in [0.3, 0.4) is 0 Å². The fourth-order valence-electron chi connectivity index (χ4n) is 6.93. The Morgan fingerprint density at radius 1 is 0.857 bits per heavy atom. The van der Waals surface area contributed by atoms with Crippen molar-refractivity contribution in [3.05, 3.63) is 161 Å². The van der Waals surface area contributed by atoms with E-state index in [9.17, 15) is 24.9 Å². The Hall–Kier alpha value is -5.56. The Kier molecular flexibility index (Phi) is 13.9. The summed E-state index contributed by atoms with van der Waals surface area (Å²) < 4.78 is 18.1. The van der Waals surface area contributed by atoms with E-state index in [1.54, 1.807) is 24.3 Å². The molecule has 292 valence electrons. The van der Waals surface area contributed by atoms with E-state index >= 15 is 0 Å². The predicted octanol–water partition coefficient (Wildman–Crippen LogP) is 6.35. The van der Waals surface area contributed by atoms with Gasteiger partial charge in [0.2, 0.25) is 0 Å². The van der Waals surface area contributed by atoms with Crippen LogP contribution in [-0.4, -0.2) is 71.6 Å². The van der Waals surface area contributed by atoms with Crippen LogP contribution in [0.15, 0.2) is 127 Å². The van der Waals surface area contributed by atoms with Gasteiger partial charge in [0.25, 0.3) is 0 Å². The molecule has 1 saturated heterocycles. The van der Waals surface area contributed by atoms with Crippen molar-refractivity contribution in [3.8, 4) is 16.9 Å². The Morgan fingerprint density at radius 2 is 1.57 bits per heavy atom. The Labute approximate surface area is 327 Å². The van der Waals surface area contributed by atoms with E-state index in [0.29, 0.717) is 31.5 Å². The summed E-state index contributed by atoms with van der Waals surface area (Å²) in [5.41, 5.74) is 6.92. The molecule has 0 aromatic heterocycles. The number of carbonyl (C=O) groups excluding carboxylic acids is 2. The lowest BCUT2D eigenvalue weighted by Gasteiger charge is -2.38. The number of amides is 2. The maximum Gasteiger partial charge on any atom is 0.328 e. The van der Waals surface area contributed by atoms with Crippen molar-refractivity contribution in [3.63, 3.8) is 0 Å². The van der Waals surface area contributed by atoms with Gasteiger partial charge in [-0.15, -0.1) is 0 Å². The number of methoxy groups -OCH3 is 1. The quantitative estimate of drug-likeness (QED) is 0.0771. The number of phenols is 1. The molecule has 11 heteroatoms. The number of phenolic OH excluding ortho intramolecular Hbond substituents is 1. The number of rotatable bonds is 15. The fraction of sp³-hybridized carbons (Fsp3) is 0.289. The zero-order valence-corrected chi connectivity index (χ0v) is 31.6. The van der Waals surface area contributed by atoms with Crippen molar-refractivity contribution in [2.45, 2.75) is 56.6 Å². The minimum Gasteiger partial charge on any atom is -0.508 e. The number of nitrogens with zero attached hydrogens (tertiary/aromatic N) is 1. The van der Waals surface area contributed by atoms with Gasteiger partial charge in [0, 0.05) is 38.0 Å². The van der Waals surface area contributed by atoms with Gasteiger partial charge in [0.1, 0.15) is 11.8 Å². The van der Waals surface area contributed by atoms with Crippen LogP contribution in [0.4, 0.5) is 4.79 Å². The third-order valence-electron chi connectivity index (χ3n) is 9.89. The molecule has 5 atom stereocenters. The Balaban J connectivity index is 1.13. The molecular weight excluding hydrogens is 711 g/mol. The van der Waals surface area contributed by atoms with Crippen LogP contribution in [0.2, 0.25) is 0 Å². The summed E-state index contributed by atoms with van der Waals surface area (Å²) in [4.78, 5) is 27.5. The number of esters is 1. The van der Waals surface area contributed by atoms with Gasteiger partial charge in [0.15, 0.2) is 6.29 Å². The van der Waals surface area contributed by atoms with Crippen LogP contribution in [-0.2, 0) is 38.6 Å². The summed E-state index contributed by atoms with van der Waals surface area (Å²) in [6, 6.07) is 38.2. The number of ether oxygens (including phenoxy) is 3. The molecule has 56 heavy (non-hydrogen) atoms. The average molecular weight is 760 g/mol. The molecule has 11 nitrogen and oxygen atoms in total. The summed E-state index contributed by atoms with van der Waals surface area (Å²) in [7, 11) is 3.23. The molecule has 0 bridgehead atoms. The van der Waals surface area contributed by atoms with Gasteiger partial charge in [-0.05, 0) is 58.1 Å². The first kappa shape index (κ1) is 40.1. The first-order chi connectivity index (χ1) is 27.2. The highest BCUT2D eigenvalue weighted by Gasteiger charge is 2.33. The highest BCUT2D eigenvalue weighted by molar-refractivity contribution is 5.84. The zero-order chi connectivity index (χ0) is 39.4. The normalized spacial score (nSPS) is 17.8. The standard InChI is InChI=1S/C45H49N3O8/c1-48(28-41(51)35-12-8-13-37(50)24-35)27-38-25-42(33-17-15-31(29-49)16-18-33)56-44(55-38)34-21-19-32(20-22-34)39-14-7-6-11-36(39)26-46-45(53)47-40(43(52)54-2)23-30-9-4-3-5-10-30/h3-22,24,38,40-42,44,49-51H,23,25-29H2,1-2H3,(H2,46,47,53)/t38-,40+,41-,42+,44+/m1/s1. The minimum absolute atomic E-state index is 0.0458. The van der Waals surface area contributed by atoms with E-state index in [-0.39, 0.29) is 31.1 Å². The predicted molar refractivity (Wildman–Crippen MR) is 212 cm³/mol. The lowest BCUT2D eigenvalue weighted by Crippen LogP contribution is -2.47. The first-order valence-corrected chi connectivity index (χ1v) is 18.7. The molecular formula is C45H49N3O8. The van der Waals surface area contributed by atoms with Gasteiger partial charge in [-0.25, -0.2) is 9.59 Å². The number of aromatic hydroxyl groups is 1. The molecule has 0 radical (unpaired) electrons. The maximum atomic E-state index is 13.0. The van der Waals surface area contributed by atoms with Gasteiger partial charge < -0.3 is 45.1 Å². The van der Waals surface area contributed by atoms with Crippen LogP contribution in [0, 0.1) is 0 Å². The summed E-state index contributed by atoms with van der Waals surface area (Å²) in [5.74, 6) is -0.419. The van der Waals surface area contributed by atoms with E-state index in [4.69, 9.17) is 14.2 Å². The van der Waals surface area contributed by atoms with E-state index in [1.165, 1.54) is 7.11 Å². The molecule has 1 aliphatic heterocycles. The number of hydrogen-bond acceptors (Lipinski definition) is 9. The molecule has 5 aromatic carbocycles. The molecule has 1 fully saturated rings. The van der Waals surface area contributed by atoms with Gasteiger partial charge in [-0.2, -0.15) is 0 Å². The molecule has 0 unspecified atom stereocenters. The van der Waals surface area contributed by atoms with Gasteiger partial charge in [0.05, 0.1) is 32.0 Å². The smallest absolute Gasteiger partial charge is 0.328 e. The number of aliphatic hydroxyl groups is 2. The second kappa shape index (κ2) is 19.3. The van der Waals surface area contributed by atoms with E-state index in [1.807, 2.05) is 115 Å². The van der Waals surface area contributed by atoms with E-state index in [0.717, 1.165) is 38.9 Å². The SMILES string of the molecule is COC(=O)[C@H](Cc1ccccc1)NC(=O)NCc1ccccc1-c1ccc([C@H]2O[C@@H](CN(C)C[C@@H](O)c3cccc(O)c3)C[C@@H](c3ccc(CO)cc3)O2)cc1. The molecule has 0 spiro atoms. The molecule has 6 rings (SSSR count). The number of nitrogens with one attached hydrogen (secondary N) is 2. The van der Waals surface area contributed by atoms with Crippen LogP contribution in [0.1, 0.15) is 58.3 Å². The highest BCUT2D eigenvalue weighted by atomic mass is 16.7. The molecule has 5 aromatic rings. The molecule has 0 aliphatic carbocycles. The minimum atomic E-state index is -0.842. The largest absolute Gasteiger partial charge is 0.508 e. The second-order valence-corrected chi connectivity index (χ2v) is 14.1. The lowest BCUT2D eigenvalue weighted by molar-refractivity contribution is -0.252. The number of aliphatic hydroxyl groups excluding tert-OH is 2. The topological polar surface area (TPSA) is 150 Å². The number of likely N-dealkylation sites (N-methyl/N-ethyl adjacent to an activating group) is 1. The van der Waals surface area contributed by atoms with Crippen LogP contribution in [0.25, 0.3) is 11.1 Å². The third-order valence-corrected chi connectivity index (χ3v) is 9.89. The van der Waals surface area contributed by atoms with Crippen molar-refractivity contribution >= 4 is 12.0 Å². The summed E-state index contributed by atoms with van der Waals surface area (Å²) in [6.45, 7) is 1.05.